The summed E-state index contributed by atoms with van der Waals surface area (Å²) in [7, 11) is 1.53. The van der Waals surface area contributed by atoms with Gasteiger partial charge in [0.15, 0.2) is 0 Å². The first-order chi connectivity index (χ1) is 7.20. The van der Waals surface area contributed by atoms with E-state index in [2.05, 4.69) is 10.3 Å². The van der Waals surface area contributed by atoms with Gasteiger partial charge < -0.3 is 15.8 Å². The summed E-state index contributed by atoms with van der Waals surface area (Å²) < 4.78 is 5.03. The standard InChI is InChI=1S/C10H13N3O2/c1-15-10-7(11)2-3-8(13-10)6-4-9(14)12-5-6/h2-3,6H,4-5,11H2,1H3,(H,12,14)/t6-/m0/s1. The zero-order chi connectivity index (χ0) is 10.8. The summed E-state index contributed by atoms with van der Waals surface area (Å²) in [5, 5.41) is 2.77. The van der Waals surface area contributed by atoms with Gasteiger partial charge in [-0.15, -0.1) is 0 Å². The van der Waals surface area contributed by atoms with Crippen molar-refractivity contribution in [2.24, 2.45) is 0 Å². The molecule has 1 saturated heterocycles. The van der Waals surface area contributed by atoms with Crippen LogP contribution in [0.2, 0.25) is 0 Å². The number of hydrogen-bond acceptors (Lipinski definition) is 4. The highest BCUT2D eigenvalue weighted by molar-refractivity contribution is 5.79. The molecule has 1 fully saturated rings. The van der Waals surface area contributed by atoms with Gasteiger partial charge in [0.1, 0.15) is 0 Å². The molecule has 0 bridgehead atoms. The topological polar surface area (TPSA) is 77.2 Å². The number of hydrogen-bond donors (Lipinski definition) is 2. The van der Waals surface area contributed by atoms with Crippen molar-refractivity contribution in [3.05, 3.63) is 17.8 Å². The van der Waals surface area contributed by atoms with Crippen LogP contribution in [0.25, 0.3) is 0 Å². The van der Waals surface area contributed by atoms with Gasteiger partial charge in [-0.25, -0.2) is 4.98 Å². The van der Waals surface area contributed by atoms with Crippen LogP contribution in [-0.4, -0.2) is 24.5 Å². The summed E-state index contributed by atoms with van der Waals surface area (Å²) in [5.41, 5.74) is 7.02. The third-order valence-electron chi connectivity index (χ3n) is 2.50. The molecule has 0 spiro atoms. The van der Waals surface area contributed by atoms with Crippen LogP contribution in [-0.2, 0) is 4.79 Å². The number of amides is 1. The minimum Gasteiger partial charge on any atom is -0.480 e. The third-order valence-corrected chi connectivity index (χ3v) is 2.50. The van der Waals surface area contributed by atoms with E-state index in [-0.39, 0.29) is 11.8 Å². The fraction of sp³-hybridized carbons (Fsp3) is 0.400. The van der Waals surface area contributed by atoms with Gasteiger partial charge in [0.25, 0.3) is 0 Å². The molecule has 15 heavy (non-hydrogen) atoms. The van der Waals surface area contributed by atoms with Gasteiger partial charge >= 0.3 is 0 Å². The van der Waals surface area contributed by atoms with Crippen LogP contribution in [0.15, 0.2) is 12.1 Å². The number of carbonyl (C=O) groups excluding carboxylic acids is 1. The van der Waals surface area contributed by atoms with E-state index in [0.717, 1.165) is 5.69 Å². The molecular formula is C10H13N3O2. The Labute approximate surface area is 87.6 Å². The summed E-state index contributed by atoms with van der Waals surface area (Å²) in [5.74, 6) is 0.622. The number of aromatic nitrogens is 1. The molecule has 2 heterocycles. The molecule has 1 atom stereocenters. The summed E-state index contributed by atoms with van der Waals surface area (Å²) in [6, 6.07) is 3.59. The highest BCUT2D eigenvalue weighted by atomic mass is 16.5. The molecular weight excluding hydrogens is 194 g/mol. The first-order valence-corrected chi connectivity index (χ1v) is 4.78. The number of nitrogens with one attached hydrogen (secondary N) is 1. The summed E-state index contributed by atoms with van der Waals surface area (Å²) >= 11 is 0. The number of ether oxygens (including phenoxy) is 1. The van der Waals surface area contributed by atoms with Crippen molar-refractivity contribution in [3.8, 4) is 5.88 Å². The van der Waals surface area contributed by atoms with Crippen LogP contribution in [0.5, 0.6) is 5.88 Å². The van der Waals surface area contributed by atoms with Crippen molar-refractivity contribution in [2.45, 2.75) is 12.3 Å². The highest BCUT2D eigenvalue weighted by Gasteiger charge is 2.24. The summed E-state index contributed by atoms with van der Waals surface area (Å²) in [6.45, 7) is 0.638. The second-order valence-corrected chi connectivity index (χ2v) is 3.54. The number of methoxy groups -OCH3 is 1. The number of anilines is 1. The lowest BCUT2D eigenvalue weighted by Gasteiger charge is -2.09. The monoisotopic (exact) mass is 207 g/mol. The minimum atomic E-state index is 0.0672. The Morgan fingerprint density at radius 2 is 2.40 bits per heavy atom. The molecule has 0 saturated carbocycles. The first-order valence-electron chi connectivity index (χ1n) is 4.78. The van der Waals surface area contributed by atoms with Crippen molar-refractivity contribution in [3.63, 3.8) is 0 Å². The zero-order valence-corrected chi connectivity index (χ0v) is 8.49. The van der Waals surface area contributed by atoms with Gasteiger partial charge in [-0.3, -0.25) is 4.79 Å². The molecule has 5 heteroatoms. The normalized spacial score (nSPS) is 20.1. The van der Waals surface area contributed by atoms with E-state index in [0.29, 0.717) is 24.5 Å². The van der Waals surface area contributed by atoms with Crippen LogP contribution in [0.4, 0.5) is 5.69 Å². The zero-order valence-electron chi connectivity index (χ0n) is 8.49. The molecule has 1 aromatic heterocycles. The third kappa shape index (κ3) is 1.86. The molecule has 0 unspecified atom stereocenters. The Kier molecular flexibility index (Phi) is 2.45. The van der Waals surface area contributed by atoms with Crippen LogP contribution < -0.4 is 15.8 Å². The van der Waals surface area contributed by atoms with Crippen molar-refractivity contribution in [1.82, 2.24) is 10.3 Å². The maximum atomic E-state index is 11.1. The van der Waals surface area contributed by atoms with Crippen molar-refractivity contribution in [2.75, 3.05) is 19.4 Å². The molecule has 1 amide bonds. The number of rotatable bonds is 2. The SMILES string of the molecule is COc1nc([C@@H]2CNC(=O)C2)ccc1N. The van der Waals surface area contributed by atoms with Gasteiger partial charge in [0.2, 0.25) is 11.8 Å². The largest absolute Gasteiger partial charge is 0.480 e. The van der Waals surface area contributed by atoms with Gasteiger partial charge in [0.05, 0.1) is 12.8 Å². The van der Waals surface area contributed by atoms with E-state index in [9.17, 15) is 4.79 Å². The predicted octanol–water partition coefficient (Wildman–Crippen LogP) is 0.276. The molecule has 80 valence electrons. The van der Waals surface area contributed by atoms with Gasteiger partial charge in [-0.05, 0) is 12.1 Å². The van der Waals surface area contributed by atoms with E-state index in [4.69, 9.17) is 10.5 Å². The molecule has 1 aliphatic rings. The molecule has 2 rings (SSSR count). The summed E-state index contributed by atoms with van der Waals surface area (Å²) in [6.07, 6.45) is 0.486. The minimum absolute atomic E-state index is 0.0672. The fourth-order valence-electron chi connectivity index (χ4n) is 1.67. The Balaban J connectivity index is 2.25. The van der Waals surface area contributed by atoms with Crippen LogP contribution in [0, 0.1) is 0 Å². The second kappa shape index (κ2) is 3.76. The Hall–Kier alpha value is -1.78. The second-order valence-electron chi connectivity index (χ2n) is 3.54. The number of nitrogen functional groups attached to an aromatic ring is 1. The maximum absolute atomic E-state index is 11.1. The molecule has 1 aliphatic heterocycles. The number of nitrogens with zero attached hydrogens (tertiary/aromatic N) is 1. The van der Waals surface area contributed by atoms with Gasteiger partial charge in [-0.1, -0.05) is 0 Å². The van der Waals surface area contributed by atoms with E-state index in [1.54, 1.807) is 6.07 Å². The lowest BCUT2D eigenvalue weighted by molar-refractivity contribution is -0.119. The van der Waals surface area contributed by atoms with Crippen molar-refractivity contribution < 1.29 is 9.53 Å². The van der Waals surface area contributed by atoms with Gasteiger partial charge in [-0.2, -0.15) is 0 Å². The van der Waals surface area contributed by atoms with Crippen LogP contribution in [0.1, 0.15) is 18.0 Å². The first kappa shape index (κ1) is 9.76. The molecule has 5 nitrogen and oxygen atoms in total. The fourth-order valence-corrected chi connectivity index (χ4v) is 1.67. The van der Waals surface area contributed by atoms with E-state index >= 15 is 0 Å². The van der Waals surface area contributed by atoms with Crippen molar-refractivity contribution >= 4 is 11.6 Å². The average molecular weight is 207 g/mol. The number of carbonyl (C=O) groups is 1. The summed E-state index contributed by atoms with van der Waals surface area (Å²) in [4.78, 5) is 15.3. The van der Waals surface area contributed by atoms with E-state index < -0.39 is 0 Å². The molecule has 0 radical (unpaired) electrons. The average Bonchev–Trinajstić information content (AvgIpc) is 2.66. The predicted molar refractivity (Wildman–Crippen MR) is 55.6 cm³/mol. The van der Waals surface area contributed by atoms with Gasteiger partial charge in [0, 0.05) is 24.6 Å². The number of nitrogens with two attached hydrogens (primary N) is 1. The highest BCUT2D eigenvalue weighted by Crippen LogP contribution is 2.26. The Bertz CT molecular complexity index is 392. The van der Waals surface area contributed by atoms with E-state index in [1.165, 1.54) is 7.11 Å². The van der Waals surface area contributed by atoms with E-state index in [1.807, 2.05) is 6.07 Å². The lowest BCUT2D eigenvalue weighted by Crippen LogP contribution is -2.13. The van der Waals surface area contributed by atoms with Crippen LogP contribution >= 0.6 is 0 Å². The lowest BCUT2D eigenvalue weighted by atomic mass is 10.0. The molecule has 0 aromatic carbocycles. The quantitative estimate of drug-likeness (QED) is 0.730. The molecule has 1 aromatic rings. The van der Waals surface area contributed by atoms with Crippen LogP contribution in [0.3, 0.4) is 0 Å². The Morgan fingerprint density at radius 3 is 3.00 bits per heavy atom. The maximum Gasteiger partial charge on any atom is 0.237 e. The Morgan fingerprint density at radius 1 is 1.60 bits per heavy atom. The molecule has 3 N–H and O–H groups in total. The number of pyridine rings is 1. The smallest absolute Gasteiger partial charge is 0.237 e. The van der Waals surface area contributed by atoms with Crippen molar-refractivity contribution in [1.29, 1.82) is 0 Å². The molecule has 0 aliphatic carbocycles.